The van der Waals surface area contributed by atoms with Gasteiger partial charge in [-0.2, -0.15) is 4.31 Å². The van der Waals surface area contributed by atoms with Crippen LogP contribution in [0.15, 0.2) is 53.4 Å². The quantitative estimate of drug-likeness (QED) is 0.711. The number of hydrogen-bond donors (Lipinski definition) is 1. The van der Waals surface area contributed by atoms with Crippen LogP contribution in [0.5, 0.6) is 5.75 Å². The smallest absolute Gasteiger partial charge is 0.254 e. The predicted molar refractivity (Wildman–Crippen MR) is 119 cm³/mol. The van der Waals surface area contributed by atoms with Gasteiger partial charge in [0.25, 0.3) is 5.91 Å². The lowest BCUT2D eigenvalue weighted by Crippen LogP contribution is -2.50. The lowest BCUT2D eigenvalue weighted by molar-refractivity contribution is -0.122. The van der Waals surface area contributed by atoms with Gasteiger partial charge in [0.15, 0.2) is 0 Å². The summed E-state index contributed by atoms with van der Waals surface area (Å²) in [6.07, 6.45) is 0. The number of hydrogen-bond acceptors (Lipinski definition) is 6. The van der Waals surface area contributed by atoms with Gasteiger partial charge >= 0.3 is 0 Å². The van der Waals surface area contributed by atoms with E-state index in [9.17, 15) is 18.0 Å². The third-order valence-corrected chi connectivity index (χ3v) is 7.57. The summed E-state index contributed by atoms with van der Waals surface area (Å²) in [5.41, 5.74) is 1.39. The predicted octanol–water partition coefficient (Wildman–Crippen LogP) is 0.778. The molecule has 0 bridgehead atoms. The summed E-state index contributed by atoms with van der Waals surface area (Å²) in [7, 11) is -2.22. The molecule has 2 saturated heterocycles. The van der Waals surface area contributed by atoms with Crippen molar-refractivity contribution in [2.75, 3.05) is 57.8 Å². The van der Waals surface area contributed by atoms with E-state index < -0.39 is 10.0 Å². The van der Waals surface area contributed by atoms with Crippen molar-refractivity contribution in [2.24, 2.45) is 0 Å². The molecule has 1 N–H and O–H groups in total. The van der Waals surface area contributed by atoms with Crippen molar-refractivity contribution in [3.63, 3.8) is 0 Å². The normalized spacial score (nSPS) is 17.7. The van der Waals surface area contributed by atoms with Gasteiger partial charge in [-0.05, 0) is 42.5 Å². The summed E-state index contributed by atoms with van der Waals surface area (Å²) in [5, 5.41) is 2.61. The second-order valence-corrected chi connectivity index (χ2v) is 9.63. The van der Waals surface area contributed by atoms with Gasteiger partial charge in [-0.15, -0.1) is 0 Å². The summed E-state index contributed by atoms with van der Waals surface area (Å²) in [6, 6.07) is 13.9. The van der Waals surface area contributed by atoms with E-state index in [-0.39, 0.29) is 36.3 Å². The van der Waals surface area contributed by atoms with Crippen LogP contribution in [-0.2, 0) is 14.8 Å². The summed E-state index contributed by atoms with van der Waals surface area (Å²) in [6.45, 7) is 2.70. The molecule has 0 aromatic heterocycles. The van der Waals surface area contributed by atoms with Crippen LogP contribution < -0.4 is 15.0 Å². The molecule has 2 aromatic carbocycles. The molecule has 2 heterocycles. The van der Waals surface area contributed by atoms with Gasteiger partial charge in [0, 0.05) is 50.5 Å². The Kier molecular flexibility index (Phi) is 6.33. The van der Waals surface area contributed by atoms with Gasteiger partial charge in [-0.25, -0.2) is 8.42 Å². The molecule has 32 heavy (non-hydrogen) atoms. The summed E-state index contributed by atoms with van der Waals surface area (Å²) < 4.78 is 32.2. The summed E-state index contributed by atoms with van der Waals surface area (Å²) in [5.74, 6) is 0.261. The van der Waals surface area contributed by atoms with E-state index in [1.54, 1.807) is 24.1 Å². The third kappa shape index (κ3) is 4.56. The Morgan fingerprint density at radius 1 is 1.00 bits per heavy atom. The highest BCUT2D eigenvalue weighted by molar-refractivity contribution is 7.89. The first-order chi connectivity index (χ1) is 15.4. The van der Waals surface area contributed by atoms with Crippen LogP contribution in [0, 0.1) is 0 Å². The zero-order chi connectivity index (χ0) is 22.7. The molecule has 0 radical (unpaired) electrons. The van der Waals surface area contributed by atoms with Crippen molar-refractivity contribution >= 4 is 27.5 Å². The first kappa shape index (κ1) is 22.1. The number of methoxy groups -OCH3 is 1. The highest BCUT2D eigenvalue weighted by Gasteiger charge is 2.30. The van der Waals surface area contributed by atoms with E-state index >= 15 is 0 Å². The first-order valence-electron chi connectivity index (χ1n) is 10.4. The lowest BCUT2D eigenvalue weighted by atomic mass is 10.1. The Hall–Kier alpha value is -3.11. The van der Waals surface area contributed by atoms with Crippen LogP contribution in [0.25, 0.3) is 0 Å². The van der Waals surface area contributed by atoms with Crippen LogP contribution >= 0.6 is 0 Å². The number of anilines is 1. The molecule has 0 atom stereocenters. The van der Waals surface area contributed by atoms with Crippen molar-refractivity contribution in [3.8, 4) is 5.75 Å². The SMILES string of the molecule is COc1ccc(N2CCN(C(=O)c3cccc(S(=O)(=O)N4CCNC(=O)C4)c3)CC2)cc1. The Morgan fingerprint density at radius 3 is 2.38 bits per heavy atom. The van der Waals surface area contributed by atoms with Gasteiger partial charge < -0.3 is 19.9 Å². The van der Waals surface area contributed by atoms with Crippen molar-refractivity contribution in [1.29, 1.82) is 0 Å². The van der Waals surface area contributed by atoms with Crippen molar-refractivity contribution < 1.29 is 22.7 Å². The Balaban J connectivity index is 1.43. The monoisotopic (exact) mass is 458 g/mol. The molecule has 9 nitrogen and oxygen atoms in total. The van der Waals surface area contributed by atoms with Gasteiger partial charge in [-0.3, -0.25) is 9.59 Å². The van der Waals surface area contributed by atoms with Crippen LogP contribution in [-0.4, -0.2) is 82.4 Å². The number of benzene rings is 2. The van der Waals surface area contributed by atoms with Crippen LogP contribution in [0.1, 0.15) is 10.4 Å². The van der Waals surface area contributed by atoms with Crippen LogP contribution in [0.4, 0.5) is 5.69 Å². The number of carbonyl (C=O) groups excluding carboxylic acids is 2. The second-order valence-electron chi connectivity index (χ2n) is 7.69. The molecule has 2 amide bonds. The maximum atomic E-state index is 13.1. The maximum Gasteiger partial charge on any atom is 0.254 e. The van der Waals surface area contributed by atoms with Crippen LogP contribution in [0.3, 0.4) is 0 Å². The molecule has 2 aliphatic rings. The van der Waals surface area contributed by atoms with E-state index in [4.69, 9.17) is 4.74 Å². The van der Waals surface area contributed by atoms with Gasteiger partial charge in [0.05, 0.1) is 18.6 Å². The average molecular weight is 459 g/mol. The zero-order valence-corrected chi connectivity index (χ0v) is 18.7. The van der Waals surface area contributed by atoms with Crippen molar-refractivity contribution in [1.82, 2.24) is 14.5 Å². The van der Waals surface area contributed by atoms with E-state index in [0.717, 1.165) is 15.7 Å². The first-order valence-corrected chi connectivity index (χ1v) is 11.9. The van der Waals surface area contributed by atoms with Crippen LogP contribution in [0.2, 0.25) is 0 Å². The van der Waals surface area contributed by atoms with Gasteiger partial charge in [0.1, 0.15) is 5.75 Å². The topological polar surface area (TPSA) is 99.3 Å². The molecule has 10 heteroatoms. The molecular weight excluding hydrogens is 432 g/mol. The number of sulfonamides is 1. The van der Waals surface area contributed by atoms with E-state index in [0.29, 0.717) is 31.7 Å². The zero-order valence-electron chi connectivity index (χ0n) is 17.9. The third-order valence-electron chi connectivity index (χ3n) is 5.73. The number of amides is 2. The molecule has 2 aliphatic heterocycles. The average Bonchev–Trinajstić information content (AvgIpc) is 2.84. The minimum atomic E-state index is -3.85. The molecule has 0 saturated carbocycles. The number of rotatable bonds is 5. The Bertz CT molecular complexity index is 1100. The standard InChI is InChI=1S/C22H26N4O5S/c1-31-19-7-5-18(6-8-19)24-11-13-25(14-12-24)22(28)17-3-2-4-20(15-17)32(29,30)26-10-9-23-21(27)16-26/h2-8,15H,9-14,16H2,1H3,(H,23,27). The minimum absolute atomic E-state index is 0.0231. The molecule has 0 spiro atoms. The number of piperazine rings is 2. The van der Waals surface area contributed by atoms with Crippen molar-refractivity contribution in [2.45, 2.75) is 4.90 Å². The second kappa shape index (κ2) is 9.17. The fourth-order valence-electron chi connectivity index (χ4n) is 3.90. The molecule has 170 valence electrons. The largest absolute Gasteiger partial charge is 0.497 e. The fourth-order valence-corrected chi connectivity index (χ4v) is 5.35. The summed E-state index contributed by atoms with van der Waals surface area (Å²) >= 11 is 0. The van der Waals surface area contributed by atoms with E-state index in [1.165, 1.54) is 12.1 Å². The minimum Gasteiger partial charge on any atom is -0.497 e. The Morgan fingerprint density at radius 2 is 1.72 bits per heavy atom. The highest BCUT2D eigenvalue weighted by Crippen LogP contribution is 2.22. The molecular formula is C22H26N4O5S. The molecule has 0 unspecified atom stereocenters. The molecule has 0 aliphatic carbocycles. The highest BCUT2D eigenvalue weighted by atomic mass is 32.2. The molecule has 4 rings (SSSR count). The molecule has 2 fully saturated rings. The number of ether oxygens (including phenoxy) is 1. The lowest BCUT2D eigenvalue weighted by Gasteiger charge is -2.36. The Labute approximate surface area is 187 Å². The van der Waals surface area contributed by atoms with E-state index in [2.05, 4.69) is 10.2 Å². The molecule has 2 aromatic rings. The van der Waals surface area contributed by atoms with E-state index in [1.807, 2.05) is 24.3 Å². The number of carbonyl (C=O) groups is 2. The maximum absolute atomic E-state index is 13.1. The number of nitrogens with one attached hydrogen (secondary N) is 1. The van der Waals surface area contributed by atoms with Crippen molar-refractivity contribution in [3.05, 3.63) is 54.1 Å². The fraction of sp³-hybridized carbons (Fsp3) is 0.364. The summed E-state index contributed by atoms with van der Waals surface area (Å²) in [4.78, 5) is 28.6. The van der Waals surface area contributed by atoms with Gasteiger partial charge in [0.2, 0.25) is 15.9 Å². The number of nitrogens with zero attached hydrogens (tertiary/aromatic N) is 3. The van der Waals surface area contributed by atoms with Gasteiger partial charge in [-0.1, -0.05) is 6.07 Å².